The topological polar surface area (TPSA) is 101 Å². The standard InChI is InChI=1S/C22H28ClN5O5/c1-27-5-7-28(8-6-27)15-4-3-13(9-17(15)30-2)25-22-24-10-14(23)21(26-22)33-18-12-32-19-16(29)11-31-20(18)19/h3-4,9-10,16,18-20,29H,5-8,11-12H2,1-2H3,(H,24,25,26)/t16-,18+,19-,20-/m1/s1. The second-order valence-corrected chi connectivity index (χ2v) is 8.88. The molecule has 11 heteroatoms. The number of hydrogen-bond acceptors (Lipinski definition) is 10. The molecule has 4 atom stereocenters. The van der Waals surface area contributed by atoms with Gasteiger partial charge in [0.05, 0.1) is 32.2 Å². The van der Waals surface area contributed by atoms with Crippen molar-refractivity contribution in [1.82, 2.24) is 14.9 Å². The fourth-order valence-corrected chi connectivity index (χ4v) is 4.51. The summed E-state index contributed by atoms with van der Waals surface area (Å²) in [7, 11) is 3.80. The number of nitrogens with one attached hydrogen (secondary N) is 1. The highest BCUT2D eigenvalue weighted by Crippen LogP contribution is 2.34. The third-order valence-electron chi connectivity index (χ3n) is 6.24. The number of aliphatic hydroxyl groups is 1. The van der Waals surface area contributed by atoms with Crippen LogP contribution in [0.5, 0.6) is 11.6 Å². The van der Waals surface area contributed by atoms with Gasteiger partial charge in [0.25, 0.3) is 0 Å². The Bertz CT molecular complexity index is 990. The molecule has 33 heavy (non-hydrogen) atoms. The summed E-state index contributed by atoms with van der Waals surface area (Å²) in [4.78, 5) is 13.3. The van der Waals surface area contributed by atoms with E-state index >= 15 is 0 Å². The summed E-state index contributed by atoms with van der Waals surface area (Å²) in [6.07, 6.45) is -0.311. The Hall–Kier alpha value is -2.37. The quantitative estimate of drug-likeness (QED) is 0.637. The lowest BCUT2D eigenvalue weighted by Crippen LogP contribution is -2.44. The Morgan fingerprint density at radius 3 is 2.73 bits per heavy atom. The van der Waals surface area contributed by atoms with Crippen molar-refractivity contribution in [3.8, 4) is 11.6 Å². The number of aliphatic hydroxyl groups excluding tert-OH is 1. The first-order valence-corrected chi connectivity index (χ1v) is 11.4. The van der Waals surface area contributed by atoms with Crippen molar-refractivity contribution in [3.05, 3.63) is 29.4 Å². The van der Waals surface area contributed by atoms with Crippen molar-refractivity contribution < 1.29 is 24.1 Å². The Morgan fingerprint density at radius 1 is 1.15 bits per heavy atom. The van der Waals surface area contributed by atoms with Crippen molar-refractivity contribution in [3.63, 3.8) is 0 Å². The molecule has 0 saturated carbocycles. The lowest BCUT2D eigenvalue weighted by Gasteiger charge is -2.34. The summed E-state index contributed by atoms with van der Waals surface area (Å²) in [5.74, 6) is 1.35. The highest BCUT2D eigenvalue weighted by Gasteiger charge is 2.48. The van der Waals surface area contributed by atoms with Crippen LogP contribution >= 0.6 is 11.6 Å². The molecule has 3 aliphatic rings. The predicted octanol–water partition coefficient (Wildman–Crippen LogP) is 1.54. The van der Waals surface area contributed by atoms with Crippen LogP contribution in [0.15, 0.2) is 24.4 Å². The molecule has 2 aromatic rings. The zero-order valence-corrected chi connectivity index (χ0v) is 19.4. The normalized spacial score (nSPS) is 27.5. The maximum Gasteiger partial charge on any atom is 0.237 e. The molecular formula is C22H28ClN5O5. The largest absolute Gasteiger partial charge is 0.495 e. The first-order chi connectivity index (χ1) is 16.0. The van der Waals surface area contributed by atoms with Crippen LogP contribution in [-0.4, -0.2) is 97.9 Å². The molecule has 0 amide bonds. The molecule has 178 valence electrons. The van der Waals surface area contributed by atoms with Gasteiger partial charge in [0.1, 0.15) is 29.1 Å². The molecule has 0 radical (unpaired) electrons. The van der Waals surface area contributed by atoms with Gasteiger partial charge in [-0.25, -0.2) is 4.98 Å². The van der Waals surface area contributed by atoms with Gasteiger partial charge in [0.2, 0.25) is 11.8 Å². The van der Waals surface area contributed by atoms with E-state index in [0.29, 0.717) is 12.6 Å². The lowest BCUT2D eigenvalue weighted by atomic mass is 10.1. The Balaban J connectivity index is 1.29. The summed E-state index contributed by atoms with van der Waals surface area (Å²) in [5.41, 5.74) is 1.84. The minimum atomic E-state index is -0.648. The summed E-state index contributed by atoms with van der Waals surface area (Å²) < 4.78 is 22.9. The summed E-state index contributed by atoms with van der Waals surface area (Å²) in [6, 6.07) is 5.94. The molecule has 3 fully saturated rings. The van der Waals surface area contributed by atoms with E-state index in [1.54, 1.807) is 7.11 Å². The third kappa shape index (κ3) is 4.67. The van der Waals surface area contributed by atoms with E-state index < -0.39 is 12.2 Å². The molecule has 0 unspecified atom stereocenters. The van der Waals surface area contributed by atoms with Gasteiger partial charge in [-0.3, -0.25) is 0 Å². The van der Waals surface area contributed by atoms with Gasteiger partial charge < -0.3 is 39.2 Å². The van der Waals surface area contributed by atoms with Crippen LogP contribution in [0, 0.1) is 0 Å². The second-order valence-electron chi connectivity index (χ2n) is 8.47. The van der Waals surface area contributed by atoms with Crippen LogP contribution in [0.1, 0.15) is 0 Å². The van der Waals surface area contributed by atoms with E-state index in [9.17, 15) is 5.11 Å². The minimum Gasteiger partial charge on any atom is -0.495 e. The van der Waals surface area contributed by atoms with Crippen molar-refractivity contribution >= 4 is 28.9 Å². The molecule has 3 aliphatic heterocycles. The average molecular weight is 478 g/mol. The van der Waals surface area contributed by atoms with E-state index in [0.717, 1.165) is 43.3 Å². The van der Waals surface area contributed by atoms with Gasteiger partial charge in [-0.1, -0.05) is 11.6 Å². The molecule has 1 aromatic heterocycles. The number of nitrogens with zero attached hydrogens (tertiary/aromatic N) is 4. The molecule has 1 aromatic carbocycles. The van der Waals surface area contributed by atoms with Gasteiger partial charge in [0, 0.05) is 37.9 Å². The molecule has 3 saturated heterocycles. The van der Waals surface area contributed by atoms with Crippen molar-refractivity contribution in [2.45, 2.75) is 24.4 Å². The highest BCUT2D eigenvalue weighted by atomic mass is 35.5. The number of methoxy groups -OCH3 is 1. The van der Waals surface area contributed by atoms with Crippen LogP contribution in [0.25, 0.3) is 0 Å². The number of piperazine rings is 1. The monoisotopic (exact) mass is 477 g/mol. The number of halogens is 1. The Morgan fingerprint density at radius 2 is 1.94 bits per heavy atom. The molecular weight excluding hydrogens is 450 g/mol. The number of likely N-dealkylation sites (N-methyl/N-ethyl adjacent to an activating group) is 1. The lowest BCUT2D eigenvalue weighted by molar-refractivity contribution is 0.00782. The molecule has 4 heterocycles. The average Bonchev–Trinajstić information content (AvgIpc) is 3.39. The zero-order valence-electron chi connectivity index (χ0n) is 18.6. The summed E-state index contributed by atoms with van der Waals surface area (Å²) >= 11 is 6.28. The third-order valence-corrected chi connectivity index (χ3v) is 6.50. The number of benzene rings is 1. The smallest absolute Gasteiger partial charge is 0.237 e. The van der Waals surface area contributed by atoms with Crippen LogP contribution in [0.3, 0.4) is 0 Å². The molecule has 5 rings (SSSR count). The van der Waals surface area contributed by atoms with Gasteiger partial charge in [0.15, 0.2) is 6.10 Å². The number of fused-ring (bicyclic) bond motifs is 1. The Labute approximate surface area is 197 Å². The first-order valence-electron chi connectivity index (χ1n) is 11.0. The molecule has 0 bridgehead atoms. The van der Waals surface area contributed by atoms with Crippen LogP contribution in [0.2, 0.25) is 5.02 Å². The van der Waals surface area contributed by atoms with Crippen molar-refractivity contribution in [2.24, 2.45) is 0 Å². The van der Waals surface area contributed by atoms with E-state index in [-0.39, 0.29) is 29.7 Å². The predicted molar refractivity (Wildman–Crippen MR) is 123 cm³/mol. The van der Waals surface area contributed by atoms with Gasteiger partial charge in [-0.05, 0) is 19.2 Å². The maximum atomic E-state index is 9.92. The van der Waals surface area contributed by atoms with E-state index in [1.807, 2.05) is 18.2 Å². The number of ether oxygens (including phenoxy) is 4. The molecule has 0 spiro atoms. The molecule has 2 N–H and O–H groups in total. The van der Waals surface area contributed by atoms with Crippen LogP contribution in [-0.2, 0) is 9.47 Å². The molecule has 10 nitrogen and oxygen atoms in total. The maximum absolute atomic E-state index is 9.92. The number of aromatic nitrogens is 2. The van der Waals surface area contributed by atoms with Crippen LogP contribution in [0.4, 0.5) is 17.3 Å². The van der Waals surface area contributed by atoms with Gasteiger partial charge >= 0.3 is 0 Å². The van der Waals surface area contributed by atoms with E-state index in [2.05, 4.69) is 32.1 Å². The minimum absolute atomic E-state index is 0.228. The van der Waals surface area contributed by atoms with Crippen molar-refractivity contribution in [1.29, 1.82) is 0 Å². The van der Waals surface area contributed by atoms with Crippen LogP contribution < -0.4 is 19.7 Å². The Kier molecular flexibility index (Phi) is 6.44. The fraction of sp³-hybridized carbons (Fsp3) is 0.545. The summed E-state index contributed by atoms with van der Waals surface area (Å²) in [5, 5.41) is 13.4. The second kappa shape index (κ2) is 9.47. The van der Waals surface area contributed by atoms with Crippen molar-refractivity contribution in [2.75, 3.05) is 63.8 Å². The van der Waals surface area contributed by atoms with Gasteiger partial charge in [-0.15, -0.1) is 0 Å². The summed E-state index contributed by atoms with van der Waals surface area (Å²) in [6.45, 7) is 4.46. The zero-order chi connectivity index (χ0) is 22.9. The first kappa shape index (κ1) is 22.4. The van der Waals surface area contributed by atoms with E-state index in [1.165, 1.54) is 6.20 Å². The number of hydrogen-bond donors (Lipinski definition) is 2. The van der Waals surface area contributed by atoms with Gasteiger partial charge in [-0.2, -0.15) is 4.98 Å². The number of anilines is 3. The van der Waals surface area contributed by atoms with E-state index in [4.69, 9.17) is 30.5 Å². The number of rotatable bonds is 6. The SMILES string of the molecule is COc1cc(Nc2ncc(Cl)c(O[C@H]3CO[C@H]4[C@@H]3OC[C@H]4O)n2)ccc1N1CCN(C)CC1. The highest BCUT2D eigenvalue weighted by molar-refractivity contribution is 6.31. The molecule has 0 aliphatic carbocycles. The fourth-order valence-electron chi connectivity index (χ4n) is 4.38.